The molecule has 2 N–H and O–H groups in total. The van der Waals surface area contributed by atoms with Crippen molar-refractivity contribution in [2.45, 2.75) is 5.92 Å². The molecular formula is C9H11FO2. The van der Waals surface area contributed by atoms with Gasteiger partial charge in [-0.2, -0.15) is 0 Å². The highest BCUT2D eigenvalue weighted by molar-refractivity contribution is 5.28. The number of benzene rings is 1. The number of rotatable bonds is 3. The molecule has 12 heavy (non-hydrogen) atoms. The summed E-state index contributed by atoms with van der Waals surface area (Å²) >= 11 is 0. The molecule has 66 valence electrons. The maximum absolute atomic E-state index is 12.2. The molecule has 0 saturated carbocycles. The Morgan fingerprint density at radius 3 is 2.25 bits per heavy atom. The molecule has 1 aromatic carbocycles. The topological polar surface area (TPSA) is 40.5 Å². The smallest absolute Gasteiger partial charge is 0.115 e. The standard InChI is InChI=1S/C9H11FO2/c10-5-8(6-11)7-1-3-9(12)4-2-7/h1-4,8,11-12H,5-6H2. The third-order valence-corrected chi connectivity index (χ3v) is 1.77. The zero-order valence-electron chi connectivity index (χ0n) is 6.57. The van der Waals surface area contributed by atoms with Gasteiger partial charge in [0.1, 0.15) is 5.75 Å². The van der Waals surface area contributed by atoms with Gasteiger partial charge in [0.15, 0.2) is 0 Å². The summed E-state index contributed by atoms with van der Waals surface area (Å²) in [6, 6.07) is 6.17. The average Bonchev–Trinajstić information content (AvgIpc) is 2.10. The molecule has 0 aliphatic carbocycles. The van der Waals surface area contributed by atoms with Crippen LogP contribution >= 0.6 is 0 Å². The molecule has 0 amide bonds. The largest absolute Gasteiger partial charge is 0.508 e. The van der Waals surface area contributed by atoms with Crippen LogP contribution in [0.2, 0.25) is 0 Å². The zero-order chi connectivity index (χ0) is 8.97. The van der Waals surface area contributed by atoms with Gasteiger partial charge < -0.3 is 10.2 Å². The van der Waals surface area contributed by atoms with Crippen LogP contribution < -0.4 is 0 Å². The van der Waals surface area contributed by atoms with Crippen molar-refractivity contribution in [3.8, 4) is 5.75 Å². The summed E-state index contributed by atoms with van der Waals surface area (Å²) < 4.78 is 12.2. The summed E-state index contributed by atoms with van der Waals surface area (Å²) in [5.41, 5.74) is 0.706. The predicted octanol–water partition coefficient (Wildman–Crippen LogP) is 1.44. The molecule has 0 radical (unpaired) electrons. The Labute approximate surface area is 70.3 Å². The van der Waals surface area contributed by atoms with Gasteiger partial charge in [0.25, 0.3) is 0 Å². The van der Waals surface area contributed by atoms with E-state index in [1.54, 1.807) is 12.1 Å². The second kappa shape index (κ2) is 4.07. The minimum Gasteiger partial charge on any atom is -0.508 e. The van der Waals surface area contributed by atoms with Gasteiger partial charge in [-0.05, 0) is 17.7 Å². The maximum Gasteiger partial charge on any atom is 0.115 e. The van der Waals surface area contributed by atoms with E-state index in [-0.39, 0.29) is 12.4 Å². The van der Waals surface area contributed by atoms with Crippen molar-refractivity contribution in [2.24, 2.45) is 0 Å². The van der Waals surface area contributed by atoms with Gasteiger partial charge in [0, 0.05) is 5.92 Å². The molecule has 1 aromatic rings. The van der Waals surface area contributed by atoms with Crippen LogP contribution in [0.5, 0.6) is 5.75 Å². The van der Waals surface area contributed by atoms with E-state index in [4.69, 9.17) is 10.2 Å². The van der Waals surface area contributed by atoms with Crippen LogP contribution in [0.15, 0.2) is 24.3 Å². The van der Waals surface area contributed by atoms with E-state index in [0.29, 0.717) is 5.56 Å². The van der Waals surface area contributed by atoms with Crippen LogP contribution in [-0.2, 0) is 0 Å². The van der Waals surface area contributed by atoms with Gasteiger partial charge in [0.2, 0.25) is 0 Å². The Bertz CT molecular complexity index is 229. The van der Waals surface area contributed by atoms with E-state index in [2.05, 4.69) is 0 Å². The first kappa shape index (κ1) is 9.00. The third kappa shape index (κ3) is 1.95. The van der Waals surface area contributed by atoms with E-state index < -0.39 is 12.6 Å². The van der Waals surface area contributed by atoms with Crippen LogP contribution in [0, 0.1) is 0 Å². The summed E-state index contributed by atoms with van der Waals surface area (Å²) in [7, 11) is 0. The normalized spacial score (nSPS) is 12.8. The highest BCUT2D eigenvalue weighted by atomic mass is 19.1. The minimum absolute atomic E-state index is 0.147. The summed E-state index contributed by atoms with van der Waals surface area (Å²) in [4.78, 5) is 0. The number of phenolic OH excluding ortho intramolecular Hbond substituents is 1. The lowest BCUT2D eigenvalue weighted by Crippen LogP contribution is -2.05. The van der Waals surface area contributed by atoms with Crippen molar-refractivity contribution in [3.05, 3.63) is 29.8 Å². The van der Waals surface area contributed by atoms with E-state index in [1.807, 2.05) is 0 Å². The summed E-state index contributed by atoms with van der Waals surface area (Å²) in [5, 5.41) is 17.7. The molecule has 0 bridgehead atoms. The van der Waals surface area contributed by atoms with E-state index in [9.17, 15) is 4.39 Å². The number of aliphatic hydroxyl groups excluding tert-OH is 1. The molecule has 0 spiro atoms. The molecule has 0 saturated heterocycles. The predicted molar refractivity (Wildman–Crippen MR) is 43.9 cm³/mol. The van der Waals surface area contributed by atoms with E-state index in [0.717, 1.165) is 0 Å². The summed E-state index contributed by atoms with van der Waals surface area (Å²) in [5.74, 6) is -0.320. The molecule has 0 aliphatic rings. The molecule has 0 fully saturated rings. The third-order valence-electron chi connectivity index (χ3n) is 1.77. The number of aliphatic hydroxyl groups is 1. The molecular weight excluding hydrogens is 159 g/mol. The van der Waals surface area contributed by atoms with Gasteiger partial charge in [-0.3, -0.25) is 4.39 Å². The minimum atomic E-state index is -0.582. The Kier molecular flexibility index (Phi) is 3.05. The van der Waals surface area contributed by atoms with Gasteiger partial charge in [-0.1, -0.05) is 12.1 Å². The second-order valence-electron chi connectivity index (χ2n) is 2.63. The zero-order valence-corrected chi connectivity index (χ0v) is 6.57. The lowest BCUT2D eigenvalue weighted by atomic mass is 10.0. The molecule has 1 unspecified atom stereocenters. The number of halogens is 1. The highest BCUT2D eigenvalue weighted by Gasteiger charge is 2.08. The first-order chi connectivity index (χ1) is 5.77. The Morgan fingerprint density at radius 2 is 1.83 bits per heavy atom. The number of hydrogen-bond acceptors (Lipinski definition) is 2. The SMILES string of the molecule is OCC(CF)c1ccc(O)cc1. The quantitative estimate of drug-likeness (QED) is 0.720. The maximum atomic E-state index is 12.2. The fourth-order valence-corrected chi connectivity index (χ4v) is 0.990. The molecule has 0 heterocycles. The molecule has 2 nitrogen and oxygen atoms in total. The van der Waals surface area contributed by atoms with Crippen molar-refractivity contribution < 1.29 is 14.6 Å². The average molecular weight is 170 g/mol. The van der Waals surface area contributed by atoms with E-state index in [1.165, 1.54) is 12.1 Å². The fourth-order valence-electron chi connectivity index (χ4n) is 0.990. The number of hydrogen-bond donors (Lipinski definition) is 2. The van der Waals surface area contributed by atoms with Crippen molar-refractivity contribution in [1.29, 1.82) is 0 Å². The number of phenols is 1. The molecule has 0 aliphatic heterocycles. The lowest BCUT2D eigenvalue weighted by molar-refractivity contribution is 0.241. The first-order valence-electron chi connectivity index (χ1n) is 3.73. The fraction of sp³-hybridized carbons (Fsp3) is 0.333. The van der Waals surface area contributed by atoms with Gasteiger partial charge in [0.05, 0.1) is 13.3 Å². The van der Waals surface area contributed by atoms with Crippen molar-refractivity contribution in [2.75, 3.05) is 13.3 Å². The second-order valence-corrected chi connectivity index (χ2v) is 2.63. The molecule has 3 heteroatoms. The van der Waals surface area contributed by atoms with Crippen molar-refractivity contribution in [3.63, 3.8) is 0 Å². The lowest BCUT2D eigenvalue weighted by Gasteiger charge is -2.09. The summed E-state index contributed by atoms with van der Waals surface area (Å²) in [6.45, 7) is -0.789. The van der Waals surface area contributed by atoms with Crippen LogP contribution in [0.4, 0.5) is 4.39 Å². The molecule has 1 rings (SSSR count). The summed E-state index contributed by atoms with van der Waals surface area (Å²) in [6.07, 6.45) is 0. The van der Waals surface area contributed by atoms with Crippen LogP contribution in [0.1, 0.15) is 11.5 Å². The Balaban J connectivity index is 2.80. The number of aromatic hydroxyl groups is 1. The first-order valence-corrected chi connectivity index (χ1v) is 3.73. The van der Waals surface area contributed by atoms with Crippen LogP contribution in [0.3, 0.4) is 0 Å². The molecule has 0 aromatic heterocycles. The number of alkyl halides is 1. The highest BCUT2D eigenvalue weighted by Crippen LogP contribution is 2.18. The van der Waals surface area contributed by atoms with Crippen molar-refractivity contribution in [1.82, 2.24) is 0 Å². The van der Waals surface area contributed by atoms with Crippen molar-refractivity contribution >= 4 is 0 Å². The monoisotopic (exact) mass is 170 g/mol. The van der Waals surface area contributed by atoms with Crippen LogP contribution in [-0.4, -0.2) is 23.5 Å². The van der Waals surface area contributed by atoms with Crippen LogP contribution in [0.25, 0.3) is 0 Å². The Morgan fingerprint density at radius 1 is 1.25 bits per heavy atom. The van der Waals surface area contributed by atoms with Gasteiger partial charge in [-0.15, -0.1) is 0 Å². The van der Waals surface area contributed by atoms with Gasteiger partial charge >= 0.3 is 0 Å². The Hall–Kier alpha value is -1.09. The molecule has 1 atom stereocenters. The van der Waals surface area contributed by atoms with E-state index >= 15 is 0 Å². The van der Waals surface area contributed by atoms with Gasteiger partial charge in [-0.25, -0.2) is 0 Å².